The minimum absolute atomic E-state index is 0.138. The molecule has 6 rings (SSSR count). The molecule has 2 heterocycles. The van der Waals surface area contributed by atoms with Crippen LogP contribution in [0.3, 0.4) is 0 Å². The van der Waals surface area contributed by atoms with Gasteiger partial charge in [-0.05, 0) is 67.9 Å². The van der Waals surface area contributed by atoms with Crippen molar-refractivity contribution in [3.05, 3.63) is 89.5 Å². The molecule has 8 nitrogen and oxygen atoms in total. The number of piperazine rings is 1. The number of benzene rings is 3. The Labute approximate surface area is 215 Å². The lowest BCUT2D eigenvalue weighted by molar-refractivity contribution is 0.0930. The molecule has 0 radical (unpaired) electrons. The zero-order valence-electron chi connectivity index (χ0n) is 20.8. The Balaban J connectivity index is 1.16. The molecule has 0 bridgehead atoms. The van der Waals surface area contributed by atoms with E-state index in [1.807, 2.05) is 48.5 Å². The predicted molar refractivity (Wildman–Crippen MR) is 145 cm³/mol. The van der Waals surface area contributed by atoms with Crippen LogP contribution in [0.25, 0.3) is 10.9 Å². The van der Waals surface area contributed by atoms with E-state index in [0.29, 0.717) is 22.3 Å². The summed E-state index contributed by atoms with van der Waals surface area (Å²) in [5.74, 6) is 0.0254. The first kappa shape index (κ1) is 23.2. The van der Waals surface area contributed by atoms with Crippen molar-refractivity contribution in [1.29, 1.82) is 0 Å². The van der Waals surface area contributed by atoms with Gasteiger partial charge in [-0.2, -0.15) is 5.10 Å². The third-order valence-corrected chi connectivity index (χ3v) is 7.48. The Morgan fingerprint density at radius 1 is 0.865 bits per heavy atom. The minimum Gasteiger partial charge on any atom is -0.369 e. The van der Waals surface area contributed by atoms with Gasteiger partial charge in [0.25, 0.3) is 11.8 Å². The highest BCUT2D eigenvalue weighted by molar-refractivity contribution is 6.09. The van der Waals surface area contributed by atoms with Crippen LogP contribution in [0.2, 0.25) is 0 Å². The number of nitrogens with one attached hydrogen (secondary N) is 3. The molecule has 0 spiro atoms. The molecule has 8 heteroatoms. The second-order valence-corrected chi connectivity index (χ2v) is 10.0. The van der Waals surface area contributed by atoms with Gasteiger partial charge in [-0.3, -0.25) is 14.7 Å². The van der Waals surface area contributed by atoms with Crippen LogP contribution in [0.4, 0.5) is 11.5 Å². The van der Waals surface area contributed by atoms with E-state index in [1.54, 1.807) is 12.1 Å². The molecule has 2 aliphatic rings. The maximum Gasteiger partial charge on any atom is 0.256 e. The number of hydrogen-bond donors (Lipinski definition) is 3. The first-order chi connectivity index (χ1) is 18.0. The second kappa shape index (κ2) is 9.37. The average molecular weight is 495 g/mol. The lowest BCUT2D eigenvalue weighted by Crippen LogP contribution is -2.44. The molecule has 37 heavy (non-hydrogen) atoms. The molecule has 1 saturated carbocycles. The third kappa shape index (κ3) is 4.68. The van der Waals surface area contributed by atoms with Crippen molar-refractivity contribution in [2.45, 2.75) is 18.4 Å². The molecule has 1 aliphatic heterocycles. The summed E-state index contributed by atoms with van der Waals surface area (Å²) in [6.07, 6.45) is 1.84. The standard InChI is InChI=1S/C29H30N6O2/c1-34-15-17-35(18-16-34)23-10-7-20(8-11-23)27(36)30-26-24-19-21(9-12-25(24)32-33-26)28(37)31-29(13-14-29)22-5-3-2-4-6-22/h2-12,19H,13-18H2,1H3,(H,31,37)(H2,30,32,33,36). The van der Waals surface area contributed by atoms with E-state index in [2.05, 4.69) is 49.8 Å². The highest BCUT2D eigenvalue weighted by Crippen LogP contribution is 2.45. The number of likely N-dealkylation sites (N-methyl/N-ethyl adjacent to an activating group) is 1. The van der Waals surface area contributed by atoms with Crippen molar-refractivity contribution in [3.63, 3.8) is 0 Å². The molecular weight excluding hydrogens is 464 g/mol. The number of hydrogen-bond acceptors (Lipinski definition) is 5. The lowest BCUT2D eigenvalue weighted by Gasteiger charge is -2.34. The van der Waals surface area contributed by atoms with E-state index in [4.69, 9.17) is 0 Å². The Morgan fingerprint density at radius 2 is 1.57 bits per heavy atom. The van der Waals surface area contributed by atoms with Crippen molar-refractivity contribution >= 4 is 34.2 Å². The van der Waals surface area contributed by atoms with Gasteiger partial charge in [-0.1, -0.05) is 30.3 Å². The Kier molecular flexibility index (Phi) is 5.88. The fourth-order valence-corrected chi connectivity index (χ4v) is 4.98. The van der Waals surface area contributed by atoms with Crippen LogP contribution >= 0.6 is 0 Å². The molecule has 1 aliphatic carbocycles. The molecule has 1 saturated heterocycles. The molecule has 4 aromatic rings. The largest absolute Gasteiger partial charge is 0.369 e. The second-order valence-electron chi connectivity index (χ2n) is 10.0. The number of aromatic amines is 1. The topological polar surface area (TPSA) is 93.4 Å². The SMILES string of the molecule is CN1CCN(c2ccc(C(=O)Nc3n[nH]c4ccc(C(=O)NC5(c6ccccc6)CC5)cc34)cc2)CC1. The maximum absolute atomic E-state index is 13.1. The van der Waals surface area contributed by atoms with Crippen LogP contribution in [0.1, 0.15) is 39.1 Å². The highest BCUT2D eigenvalue weighted by Gasteiger charge is 2.45. The van der Waals surface area contributed by atoms with Gasteiger partial charge < -0.3 is 20.4 Å². The van der Waals surface area contributed by atoms with Crippen molar-refractivity contribution < 1.29 is 9.59 Å². The molecule has 0 atom stereocenters. The van der Waals surface area contributed by atoms with E-state index in [0.717, 1.165) is 55.8 Å². The van der Waals surface area contributed by atoms with Crippen LogP contribution in [0.5, 0.6) is 0 Å². The van der Waals surface area contributed by atoms with Gasteiger partial charge in [0.05, 0.1) is 11.1 Å². The predicted octanol–water partition coefficient (Wildman–Crippen LogP) is 3.99. The van der Waals surface area contributed by atoms with E-state index in [1.165, 1.54) is 0 Å². The number of fused-ring (bicyclic) bond motifs is 1. The summed E-state index contributed by atoms with van der Waals surface area (Å²) in [6, 6.07) is 23.1. The molecule has 188 valence electrons. The van der Waals surface area contributed by atoms with Gasteiger partial charge in [0.2, 0.25) is 0 Å². The van der Waals surface area contributed by atoms with Crippen molar-refractivity contribution in [3.8, 4) is 0 Å². The highest BCUT2D eigenvalue weighted by atomic mass is 16.2. The number of amides is 2. The van der Waals surface area contributed by atoms with Crippen LogP contribution in [-0.4, -0.2) is 60.1 Å². The van der Waals surface area contributed by atoms with Gasteiger partial charge in [0.15, 0.2) is 5.82 Å². The Morgan fingerprint density at radius 3 is 2.27 bits per heavy atom. The molecule has 3 N–H and O–H groups in total. The van der Waals surface area contributed by atoms with Crippen molar-refractivity contribution in [2.24, 2.45) is 0 Å². The summed E-state index contributed by atoms with van der Waals surface area (Å²) in [5.41, 5.74) is 3.79. The monoisotopic (exact) mass is 494 g/mol. The van der Waals surface area contributed by atoms with E-state index in [-0.39, 0.29) is 17.4 Å². The van der Waals surface area contributed by atoms with Gasteiger partial charge in [-0.25, -0.2) is 0 Å². The molecular formula is C29H30N6O2. The minimum atomic E-state index is -0.295. The molecule has 3 aromatic carbocycles. The van der Waals surface area contributed by atoms with Crippen LogP contribution in [0, 0.1) is 0 Å². The fraction of sp³-hybridized carbons (Fsp3) is 0.276. The Bertz CT molecular complexity index is 1430. The number of nitrogens with zero attached hydrogens (tertiary/aromatic N) is 3. The molecule has 2 fully saturated rings. The molecule has 1 aromatic heterocycles. The normalized spacial score (nSPS) is 16.9. The Hall–Kier alpha value is -4.17. The zero-order chi connectivity index (χ0) is 25.4. The van der Waals surface area contributed by atoms with Crippen LogP contribution in [0.15, 0.2) is 72.8 Å². The van der Waals surface area contributed by atoms with E-state index >= 15 is 0 Å². The van der Waals surface area contributed by atoms with Gasteiger partial charge in [-0.15, -0.1) is 0 Å². The molecule has 2 amide bonds. The van der Waals surface area contributed by atoms with Crippen molar-refractivity contribution in [2.75, 3.05) is 43.4 Å². The molecule has 0 unspecified atom stereocenters. The average Bonchev–Trinajstić information content (AvgIpc) is 3.62. The third-order valence-electron chi connectivity index (χ3n) is 7.48. The number of H-pyrrole nitrogens is 1. The summed E-state index contributed by atoms with van der Waals surface area (Å²) in [5, 5.41) is 14.1. The summed E-state index contributed by atoms with van der Waals surface area (Å²) in [4.78, 5) is 30.8. The lowest BCUT2D eigenvalue weighted by atomic mass is 10.0. The van der Waals surface area contributed by atoms with Gasteiger partial charge in [0.1, 0.15) is 0 Å². The fourth-order valence-electron chi connectivity index (χ4n) is 4.98. The van der Waals surface area contributed by atoms with E-state index < -0.39 is 0 Å². The zero-order valence-corrected chi connectivity index (χ0v) is 20.8. The first-order valence-electron chi connectivity index (χ1n) is 12.7. The van der Waals surface area contributed by atoms with Gasteiger partial charge in [0, 0.05) is 48.4 Å². The maximum atomic E-state index is 13.1. The smallest absolute Gasteiger partial charge is 0.256 e. The van der Waals surface area contributed by atoms with Crippen LogP contribution in [-0.2, 0) is 5.54 Å². The number of carbonyl (C=O) groups is 2. The number of carbonyl (C=O) groups excluding carboxylic acids is 2. The summed E-state index contributed by atoms with van der Waals surface area (Å²) in [6.45, 7) is 4.01. The quantitative estimate of drug-likeness (QED) is 0.377. The summed E-state index contributed by atoms with van der Waals surface area (Å²) in [7, 11) is 2.13. The van der Waals surface area contributed by atoms with Gasteiger partial charge >= 0.3 is 0 Å². The number of aromatic nitrogens is 2. The summed E-state index contributed by atoms with van der Waals surface area (Å²) >= 11 is 0. The summed E-state index contributed by atoms with van der Waals surface area (Å²) < 4.78 is 0. The first-order valence-corrected chi connectivity index (χ1v) is 12.7. The van der Waals surface area contributed by atoms with Crippen molar-refractivity contribution in [1.82, 2.24) is 20.4 Å². The number of rotatable bonds is 6. The van der Waals surface area contributed by atoms with E-state index in [9.17, 15) is 9.59 Å². The van der Waals surface area contributed by atoms with Crippen LogP contribution < -0.4 is 15.5 Å². The number of anilines is 2.